The molecule has 1 saturated heterocycles. The van der Waals surface area contributed by atoms with Crippen LogP contribution in [0.2, 0.25) is 0 Å². The van der Waals surface area contributed by atoms with E-state index in [2.05, 4.69) is 10.3 Å². The third-order valence-electron chi connectivity index (χ3n) is 4.75. The Morgan fingerprint density at radius 1 is 1.26 bits per heavy atom. The maximum Gasteiger partial charge on any atom is 0.264 e. The van der Waals surface area contributed by atoms with Gasteiger partial charge in [-0.1, -0.05) is 24.2 Å². The largest absolute Gasteiger partial charge is 0.375 e. The SMILES string of the molecule is C[C@H](NC(=O)c1sc(N)nc1C1CCCC1)C(=O)N1CCCC1. The molecule has 1 saturated carbocycles. The van der Waals surface area contributed by atoms with Crippen molar-refractivity contribution >= 4 is 28.3 Å². The van der Waals surface area contributed by atoms with Crippen LogP contribution in [-0.4, -0.2) is 40.8 Å². The third kappa shape index (κ3) is 3.49. The molecule has 1 aliphatic heterocycles. The van der Waals surface area contributed by atoms with Crippen LogP contribution in [0.5, 0.6) is 0 Å². The highest BCUT2D eigenvalue weighted by molar-refractivity contribution is 7.17. The lowest BCUT2D eigenvalue weighted by Crippen LogP contribution is -2.46. The van der Waals surface area contributed by atoms with E-state index in [9.17, 15) is 9.59 Å². The molecule has 6 nitrogen and oxygen atoms in total. The highest BCUT2D eigenvalue weighted by Crippen LogP contribution is 2.37. The molecule has 0 radical (unpaired) electrons. The van der Waals surface area contributed by atoms with Crippen molar-refractivity contribution in [1.82, 2.24) is 15.2 Å². The summed E-state index contributed by atoms with van der Waals surface area (Å²) >= 11 is 1.22. The standard InChI is InChI=1S/C16H24N4O2S/c1-10(15(22)20-8-4-5-9-20)18-14(21)13-12(19-16(17)23-13)11-6-2-3-7-11/h10-11H,2-9H2,1H3,(H2,17,19)(H,18,21)/t10-/m0/s1. The van der Waals surface area contributed by atoms with Gasteiger partial charge in [-0.3, -0.25) is 9.59 Å². The Balaban J connectivity index is 1.69. The molecule has 2 heterocycles. The molecular weight excluding hydrogens is 312 g/mol. The first-order chi connectivity index (χ1) is 11.1. The van der Waals surface area contributed by atoms with Gasteiger partial charge in [0.25, 0.3) is 5.91 Å². The van der Waals surface area contributed by atoms with Crippen molar-refractivity contribution in [3.63, 3.8) is 0 Å². The molecule has 2 aliphatic rings. The summed E-state index contributed by atoms with van der Waals surface area (Å²) in [5.41, 5.74) is 6.65. The van der Waals surface area contributed by atoms with Crippen LogP contribution in [0.3, 0.4) is 0 Å². The topological polar surface area (TPSA) is 88.3 Å². The zero-order valence-electron chi connectivity index (χ0n) is 13.5. The van der Waals surface area contributed by atoms with E-state index < -0.39 is 6.04 Å². The molecule has 0 bridgehead atoms. The van der Waals surface area contributed by atoms with Crippen LogP contribution >= 0.6 is 11.3 Å². The maximum atomic E-state index is 12.6. The van der Waals surface area contributed by atoms with Crippen molar-refractivity contribution < 1.29 is 9.59 Å². The van der Waals surface area contributed by atoms with E-state index in [1.807, 2.05) is 4.90 Å². The number of thiazole rings is 1. The summed E-state index contributed by atoms with van der Waals surface area (Å²) in [5.74, 6) is 0.103. The highest BCUT2D eigenvalue weighted by atomic mass is 32.1. The van der Waals surface area contributed by atoms with E-state index in [4.69, 9.17) is 5.73 Å². The monoisotopic (exact) mass is 336 g/mol. The van der Waals surface area contributed by atoms with Crippen LogP contribution in [0.4, 0.5) is 5.13 Å². The molecule has 0 spiro atoms. The average Bonchev–Trinajstić information content (AvgIpc) is 3.26. The number of likely N-dealkylation sites (tertiary alicyclic amines) is 1. The summed E-state index contributed by atoms with van der Waals surface area (Å²) in [7, 11) is 0. The summed E-state index contributed by atoms with van der Waals surface area (Å²) in [6.07, 6.45) is 6.56. The summed E-state index contributed by atoms with van der Waals surface area (Å²) in [5, 5.41) is 3.26. The van der Waals surface area contributed by atoms with E-state index in [-0.39, 0.29) is 11.8 Å². The Labute approximate surface area is 140 Å². The zero-order chi connectivity index (χ0) is 16.4. The number of aromatic nitrogens is 1. The average molecular weight is 336 g/mol. The minimum Gasteiger partial charge on any atom is -0.375 e. The summed E-state index contributed by atoms with van der Waals surface area (Å²) in [6, 6.07) is -0.514. The van der Waals surface area contributed by atoms with Crippen LogP contribution < -0.4 is 11.1 Å². The Kier molecular flexibility index (Phi) is 4.84. The Hall–Kier alpha value is -1.63. The molecule has 1 aromatic heterocycles. The second-order valence-corrected chi connectivity index (χ2v) is 7.51. The van der Waals surface area contributed by atoms with Crippen LogP contribution in [0.25, 0.3) is 0 Å². The highest BCUT2D eigenvalue weighted by Gasteiger charge is 2.29. The molecule has 3 N–H and O–H groups in total. The number of carbonyl (C=O) groups excluding carboxylic acids is 2. The fourth-order valence-corrected chi connectivity index (χ4v) is 4.34. The van der Waals surface area contributed by atoms with Crippen molar-refractivity contribution in [2.24, 2.45) is 0 Å². The molecule has 1 atom stereocenters. The van der Waals surface area contributed by atoms with E-state index in [0.29, 0.717) is 15.9 Å². The zero-order valence-corrected chi connectivity index (χ0v) is 14.3. The number of nitrogens with one attached hydrogen (secondary N) is 1. The van der Waals surface area contributed by atoms with E-state index in [1.54, 1.807) is 6.92 Å². The predicted molar refractivity (Wildman–Crippen MR) is 90.5 cm³/mol. The minimum atomic E-state index is -0.514. The van der Waals surface area contributed by atoms with Crippen molar-refractivity contribution in [1.29, 1.82) is 0 Å². The number of nitrogen functional groups attached to an aromatic ring is 1. The van der Waals surface area contributed by atoms with Gasteiger partial charge in [-0.15, -0.1) is 0 Å². The molecule has 2 amide bonds. The lowest BCUT2D eigenvalue weighted by molar-refractivity contribution is -0.131. The van der Waals surface area contributed by atoms with Crippen molar-refractivity contribution in [2.75, 3.05) is 18.8 Å². The summed E-state index contributed by atoms with van der Waals surface area (Å²) < 4.78 is 0. The Morgan fingerprint density at radius 3 is 2.57 bits per heavy atom. The molecular formula is C16H24N4O2S. The predicted octanol–water partition coefficient (Wildman–Crippen LogP) is 2.12. The van der Waals surface area contributed by atoms with Gasteiger partial charge in [0.2, 0.25) is 5.91 Å². The smallest absolute Gasteiger partial charge is 0.264 e. The van der Waals surface area contributed by atoms with Gasteiger partial charge < -0.3 is 16.0 Å². The number of nitrogens with two attached hydrogens (primary N) is 1. The molecule has 1 aliphatic carbocycles. The maximum absolute atomic E-state index is 12.6. The van der Waals surface area contributed by atoms with Gasteiger partial charge in [0.15, 0.2) is 5.13 Å². The number of nitrogens with zero attached hydrogens (tertiary/aromatic N) is 2. The molecule has 23 heavy (non-hydrogen) atoms. The molecule has 2 fully saturated rings. The Bertz CT molecular complexity index is 589. The molecule has 7 heteroatoms. The second kappa shape index (κ2) is 6.86. The van der Waals surface area contributed by atoms with Gasteiger partial charge in [-0.05, 0) is 32.6 Å². The fourth-order valence-electron chi connectivity index (χ4n) is 3.52. The van der Waals surface area contributed by atoms with Crippen LogP contribution in [0.15, 0.2) is 0 Å². The quantitative estimate of drug-likeness (QED) is 0.881. The molecule has 0 unspecified atom stereocenters. The number of anilines is 1. The van der Waals surface area contributed by atoms with Gasteiger partial charge in [-0.25, -0.2) is 4.98 Å². The van der Waals surface area contributed by atoms with Crippen LogP contribution in [0.1, 0.15) is 66.7 Å². The molecule has 3 rings (SSSR count). The first kappa shape index (κ1) is 16.2. The molecule has 0 aromatic carbocycles. The van der Waals surface area contributed by atoms with Crippen LogP contribution in [0, 0.1) is 0 Å². The number of hydrogen-bond acceptors (Lipinski definition) is 5. The van der Waals surface area contributed by atoms with Gasteiger partial charge in [0, 0.05) is 19.0 Å². The van der Waals surface area contributed by atoms with Crippen LogP contribution in [-0.2, 0) is 4.79 Å². The number of hydrogen-bond donors (Lipinski definition) is 2. The molecule has 126 valence electrons. The van der Waals surface area contributed by atoms with Gasteiger partial charge in [0.05, 0.1) is 5.69 Å². The normalized spacial score (nSPS) is 20.0. The first-order valence-corrected chi connectivity index (χ1v) is 9.23. The number of amides is 2. The number of rotatable bonds is 4. The van der Waals surface area contributed by atoms with Crippen molar-refractivity contribution in [2.45, 2.75) is 57.4 Å². The lowest BCUT2D eigenvalue weighted by Gasteiger charge is -2.21. The van der Waals surface area contributed by atoms with E-state index >= 15 is 0 Å². The van der Waals surface area contributed by atoms with Crippen molar-refractivity contribution in [3.8, 4) is 0 Å². The first-order valence-electron chi connectivity index (χ1n) is 8.42. The van der Waals surface area contributed by atoms with E-state index in [0.717, 1.165) is 44.5 Å². The summed E-state index contributed by atoms with van der Waals surface area (Å²) in [6.45, 7) is 3.33. The number of carbonyl (C=O) groups is 2. The second-order valence-electron chi connectivity index (χ2n) is 6.48. The van der Waals surface area contributed by atoms with Crippen molar-refractivity contribution in [3.05, 3.63) is 10.6 Å². The molecule has 1 aromatic rings. The lowest BCUT2D eigenvalue weighted by atomic mass is 10.0. The summed E-state index contributed by atoms with van der Waals surface area (Å²) in [4.78, 5) is 31.7. The van der Waals surface area contributed by atoms with Gasteiger partial charge in [-0.2, -0.15) is 0 Å². The van der Waals surface area contributed by atoms with E-state index in [1.165, 1.54) is 24.2 Å². The van der Waals surface area contributed by atoms with Gasteiger partial charge in [0.1, 0.15) is 10.9 Å². The minimum absolute atomic E-state index is 0.00393. The van der Waals surface area contributed by atoms with Gasteiger partial charge >= 0.3 is 0 Å². The Morgan fingerprint density at radius 2 is 1.91 bits per heavy atom. The fraction of sp³-hybridized carbons (Fsp3) is 0.688. The third-order valence-corrected chi connectivity index (χ3v) is 5.65.